The van der Waals surface area contributed by atoms with Gasteiger partial charge in [0.05, 0.1) is 4.92 Å². The van der Waals surface area contributed by atoms with Crippen LogP contribution >= 0.6 is 11.6 Å². The van der Waals surface area contributed by atoms with Crippen LogP contribution in [0.15, 0.2) is 6.20 Å². The molecule has 0 saturated heterocycles. The van der Waals surface area contributed by atoms with Crippen molar-refractivity contribution in [1.29, 1.82) is 0 Å². The molecule has 0 amide bonds. The van der Waals surface area contributed by atoms with Gasteiger partial charge in [-0.2, -0.15) is 4.98 Å². The lowest BCUT2D eigenvalue weighted by Crippen LogP contribution is -2.28. The molecule has 0 aliphatic rings. The Labute approximate surface area is 110 Å². The van der Waals surface area contributed by atoms with E-state index in [-0.39, 0.29) is 16.9 Å². The van der Waals surface area contributed by atoms with Crippen molar-refractivity contribution in [2.75, 3.05) is 26.2 Å². The molecule has 1 heterocycles. The summed E-state index contributed by atoms with van der Waals surface area (Å²) in [7, 11) is 0. The van der Waals surface area contributed by atoms with Gasteiger partial charge in [-0.1, -0.05) is 13.8 Å². The lowest BCUT2D eigenvalue weighted by Gasteiger charge is -2.17. The summed E-state index contributed by atoms with van der Waals surface area (Å²) in [5, 5.41) is 10.7. The molecular weight excluding hydrogens is 260 g/mol. The Morgan fingerprint density at radius 3 is 2.72 bits per heavy atom. The Morgan fingerprint density at radius 2 is 2.17 bits per heavy atom. The number of nitro groups is 1. The van der Waals surface area contributed by atoms with Gasteiger partial charge < -0.3 is 9.64 Å². The fourth-order valence-electron chi connectivity index (χ4n) is 1.38. The summed E-state index contributed by atoms with van der Waals surface area (Å²) in [6.07, 6.45) is 1.04. The quantitative estimate of drug-likeness (QED) is 0.428. The van der Waals surface area contributed by atoms with Crippen molar-refractivity contribution in [2.45, 2.75) is 13.8 Å². The topological polar surface area (TPSA) is 81.4 Å². The van der Waals surface area contributed by atoms with Gasteiger partial charge in [-0.15, -0.1) is 0 Å². The van der Waals surface area contributed by atoms with Crippen molar-refractivity contribution < 1.29 is 9.66 Å². The number of likely N-dealkylation sites (N-methyl/N-ethyl adjacent to an activating group) is 1. The molecule has 0 bridgehead atoms. The molecule has 0 saturated carbocycles. The first-order chi connectivity index (χ1) is 8.58. The van der Waals surface area contributed by atoms with E-state index in [0.717, 1.165) is 19.3 Å². The minimum atomic E-state index is -0.594. The second-order valence-electron chi connectivity index (χ2n) is 3.46. The molecule has 100 valence electrons. The summed E-state index contributed by atoms with van der Waals surface area (Å²) in [5.74, 6) is -0.0906. The third-order valence-electron chi connectivity index (χ3n) is 2.44. The number of rotatable bonds is 7. The first-order valence-electron chi connectivity index (χ1n) is 5.60. The van der Waals surface area contributed by atoms with Gasteiger partial charge in [-0.3, -0.25) is 10.1 Å². The zero-order valence-corrected chi connectivity index (χ0v) is 11.1. The first kappa shape index (κ1) is 14.6. The van der Waals surface area contributed by atoms with E-state index in [1.165, 1.54) is 0 Å². The van der Waals surface area contributed by atoms with Crippen LogP contribution in [0.4, 0.5) is 5.69 Å². The summed E-state index contributed by atoms with van der Waals surface area (Å²) >= 11 is 5.58. The van der Waals surface area contributed by atoms with Crippen LogP contribution in [0.25, 0.3) is 0 Å². The summed E-state index contributed by atoms with van der Waals surface area (Å²) < 4.78 is 5.29. The predicted octanol–water partition coefficient (Wildman–Crippen LogP) is 1.76. The molecule has 0 unspecified atom stereocenters. The second kappa shape index (κ2) is 7.07. The first-order valence-corrected chi connectivity index (χ1v) is 5.98. The smallest absolute Gasteiger partial charge is 0.349 e. The number of hydrogen-bond acceptors (Lipinski definition) is 6. The average Bonchev–Trinajstić information content (AvgIpc) is 2.34. The number of ether oxygens (including phenoxy) is 1. The fourth-order valence-corrected chi connectivity index (χ4v) is 1.51. The van der Waals surface area contributed by atoms with Gasteiger partial charge in [0.2, 0.25) is 5.28 Å². The summed E-state index contributed by atoms with van der Waals surface area (Å²) in [4.78, 5) is 19.5. The highest BCUT2D eigenvalue weighted by Gasteiger charge is 2.18. The van der Waals surface area contributed by atoms with Gasteiger partial charge in [0.15, 0.2) is 0 Å². The Hall–Kier alpha value is -1.47. The molecule has 0 spiro atoms. The number of hydrogen-bond donors (Lipinski definition) is 0. The number of nitrogens with zero attached hydrogens (tertiary/aromatic N) is 4. The molecule has 0 aliphatic carbocycles. The average molecular weight is 275 g/mol. The van der Waals surface area contributed by atoms with Gasteiger partial charge in [-0.25, -0.2) is 4.98 Å². The van der Waals surface area contributed by atoms with Crippen LogP contribution < -0.4 is 4.74 Å². The highest BCUT2D eigenvalue weighted by atomic mass is 35.5. The minimum absolute atomic E-state index is 0.0709. The van der Waals surface area contributed by atoms with E-state index in [1.54, 1.807) is 0 Å². The summed E-state index contributed by atoms with van der Waals surface area (Å²) in [6.45, 7) is 6.85. The highest BCUT2D eigenvalue weighted by Crippen LogP contribution is 2.24. The van der Waals surface area contributed by atoms with E-state index in [4.69, 9.17) is 16.3 Å². The second-order valence-corrected chi connectivity index (χ2v) is 3.80. The Balaban J connectivity index is 2.66. The van der Waals surface area contributed by atoms with Crippen LogP contribution in [0, 0.1) is 10.1 Å². The van der Waals surface area contributed by atoms with Gasteiger partial charge >= 0.3 is 5.69 Å². The number of aromatic nitrogens is 2. The van der Waals surface area contributed by atoms with Crippen molar-refractivity contribution >= 4 is 17.3 Å². The van der Waals surface area contributed by atoms with Gasteiger partial charge in [-0.05, 0) is 24.7 Å². The maximum atomic E-state index is 10.7. The molecule has 1 aromatic rings. The molecule has 0 atom stereocenters. The fraction of sp³-hybridized carbons (Fsp3) is 0.600. The normalized spacial score (nSPS) is 10.7. The minimum Gasteiger partial charge on any atom is -0.471 e. The van der Waals surface area contributed by atoms with E-state index in [1.807, 2.05) is 13.8 Å². The van der Waals surface area contributed by atoms with Crippen molar-refractivity contribution in [1.82, 2.24) is 14.9 Å². The Bertz CT molecular complexity index is 412. The molecule has 0 radical (unpaired) electrons. The third kappa shape index (κ3) is 4.08. The summed E-state index contributed by atoms with van der Waals surface area (Å²) in [6, 6.07) is 0. The van der Waals surface area contributed by atoms with Crippen LogP contribution in [0.2, 0.25) is 5.28 Å². The molecule has 18 heavy (non-hydrogen) atoms. The Morgan fingerprint density at radius 1 is 1.50 bits per heavy atom. The molecule has 0 aromatic carbocycles. The molecule has 1 rings (SSSR count). The standard InChI is InChI=1S/C10H15ClN4O3/c1-3-14(4-2)5-6-18-9-8(15(16)17)7-12-10(11)13-9/h7H,3-6H2,1-2H3. The lowest BCUT2D eigenvalue weighted by molar-refractivity contribution is -0.386. The maximum absolute atomic E-state index is 10.7. The van der Waals surface area contributed by atoms with Gasteiger partial charge in [0.1, 0.15) is 12.8 Å². The van der Waals surface area contributed by atoms with Crippen molar-refractivity contribution in [3.63, 3.8) is 0 Å². The van der Waals surface area contributed by atoms with Crippen LogP contribution in [0.3, 0.4) is 0 Å². The highest BCUT2D eigenvalue weighted by molar-refractivity contribution is 6.28. The van der Waals surface area contributed by atoms with Gasteiger partial charge in [0, 0.05) is 6.54 Å². The largest absolute Gasteiger partial charge is 0.471 e. The molecule has 0 aliphatic heterocycles. The Kier molecular flexibility index (Phi) is 5.73. The van der Waals surface area contributed by atoms with Crippen molar-refractivity contribution in [3.8, 4) is 5.88 Å². The van der Waals surface area contributed by atoms with Crippen molar-refractivity contribution in [2.24, 2.45) is 0 Å². The van der Waals surface area contributed by atoms with Gasteiger partial charge in [0.25, 0.3) is 5.88 Å². The molecule has 8 heteroatoms. The predicted molar refractivity (Wildman–Crippen MR) is 67.0 cm³/mol. The molecule has 0 N–H and O–H groups in total. The zero-order valence-electron chi connectivity index (χ0n) is 10.3. The number of halogens is 1. The molecule has 1 aromatic heterocycles. The maximum Gasteiger partial charge on any atom is 0.349 e. The monoisotopic (exact) mass is 274 g/mol. The van der Waals surface area contributed by atoms with Crippen molar-refractivity contribution in [3.05, 3.63) is 21.6 Å². The third-order valence-corrected chi connectivity index (χ3v) is 2.63. The van der Waals surface area contributed by atoms with Crippen LogP contribution in [-0.4, -0.2) is 46.0 Å². The molecule has 7 nitrogen and oxygen atoms in total. The van der Waals surface area contributed by atoms with E-state index in [9.17, 15) is 10.1 Å². The van der Waals surface area contributed by atoms with Crippen LogP contribution in [0.1, 0.15) is 13.8 Å². The molecular formula is C10H15ClN4O3. The zero-order chi connectivity index (χ0) is 13.5. The van der Waals surface area contributed by atoms with E-state index in [2.05, 4.69) is 14.9 Å². The lowest BCUT2D eigenvalue weighted by atomic mass is 10.5. The molecule has 0 fully saturated rings. The van der Waals surface area contributed by atoms with E-state index in [0.29, 0.717) is 13.2 Å². The van der Waals surface area contributed by atoms with Crippen LogP contribution in [0.5, 0.6) is 5.88 Å². The van der Waals surface area contributed by atoms with E-state index >= 15 is 0 Å². The summed E-state index contributed by atoms with van der Waals surface area (Å²) in [5.41, 5.74) is -0.279. The SMILES string of the molecule is CCN(CC)CCOc1nc(Cl)ncc1[N+](=O)[O-]. The van der Waals surface area contributed by atoms with E-state index < -0.39 is 4.92 Å². The van der Waals surface area contributed by atoms with Crippen LogP contribution in [-0.2, 0) is 0 Å².